The summed E-state index contributed by atoms with van der Waals surface area (Å²) in [5.74, 6) is -6.16. The summed E-state index contributed by atoms with van der Waals surface area (Å²) < 4.78 is 43.4. The molecule has 18 unspecified atom stereocenters. The number of nitrogens with zero attached hydrogens (tertiary/aromatic N) is 1. The quantitative estimate of drug-likeness (QED) is 0.226. The van der Waals surface area contributed by atoms with Crippen LogP contribution >= 0.6 is 0 Å². The number of ether oxygens (including phenoxy) is 7. The van der Waals surface area contributed by atoms with Crippen molar-refractivity contribution in [2.24, 2.45) is 29.6 Å². The Hall–Kier alpha value is -2.24. The lowest BCUT2D eigenvalue weighted by molar-refractivity contribution is -0.317. The van der Waals surface area contributed by atoms with Gasteiger partial charge in [-0.2, -0.15) is 0 Å². The number of ketones is 1. The van der Waals surface area contributed by atoms with Crippen molar-refractivity contribution in [1.82, 2.24) is 4.90 Å². The van der Waals surface area contributed by atoms with Crippen LogP contribution in [0.1, 0.15) is 115 Å². The van der Waals surface area contributed by atoms with E-state index in [1.54, 1.807) is 55.4 Å². The Kier molecular flexibility index (Phi) is 16.9. The second kappa shape index (κ2) is 19.7. The van der Waals surface area contributed by atoms with E-state index in [4.69, 9.17) is 33.2 Å². The number of esters is 3. The Morgan fingerprint density at radius 3 is 2.05 bits per heavy atom. The van der Waals surface area contributed by atoms with E-state index in [-0.39, 0.29) is 37.2 Å². The van der Waals surface area contributed by atoms with Gasteiger partial charge >= 0.3 is 17.9 Å². The molecular formula is C41H71NO14. The standard InChI is InChI=1S/C41H71NO14/c1-15-29-22(5)33(46)23(6)32(45)20(3)18-40(11,49)36(55-39-34(47)28(42(13)14)17-21(4)50-39)24(7)35(25(8)38(48)52-29)54-31-19-41(12,56-27(10)43)37(26(9)51-31)53-30(44)16-2/h20-26,28-29,31,33-37,39,46-47,49H,15-19H2,1-14H3. The van der Waals surface area contributed by atoms with Crippen LogP contribution in [-0.2, 0) is 52.3 Å². The van der Waals surface area contributed by atoms with E-state index >= 15 is 0 Å². The molecule has 56 heavy (non-hydrogen) atoms. The molecule has 15 nitrogen and oxygen atoms in total. The van der Waals surface area contributed by atoms with Crippen molar-refractivity contribution >= 4 is 23.7 Å². The monoisotopic (exact) mass is 801 g/mol. The molecule has 18 atom stereocenters. The van der Waals surface area contributed by atoms with E-state index in [0.717, 1.165) is 0 Å². The van der Waals surface area contributed by atoms with Gasteiger partial charge in [-0.05, 0) is 68.0 Å². The van der Waals surface area contributed by atoms with Crippen molar-refractivity contribution in [2.45, 2.75) is 194 Å². The Balaban J connectivity index is 2.19. The Bertz CT molecular complexity index is 1340. The van der Waals surface area contributed by atoms with Crippen LogP contribution in [-0.4, -0.2) is 137 Å². The highest BCUT2D eigenvalue weighted by Crippen LogP contribution is 2.41. The Morgan fingerprint density at radius 1 is 0.875 bits per heavy atom. The van der Waals surface area contributed by atoms with Crippen LogP contribution < -0.4 is 0 Å². The van der Waals surface area contributed by atoms with Gasteiger partial charge in [0.25, 0.3) is 0 Å². The lowest BCUT2D eigenvalue weighted by Crippen LogP contribution is -2.61. The second-order valence-corrected chi connectivity index (χ2v) is 17.4. The SMILES string of the molecule is CCC(=O)OC1C(C)OC(OC2C(C)C(=O)OC(CC)C(C)C(O)C(C)C(=O)C(C)CC(C)(O)C(OC3OC(C)CC(N(C)C)C3O)C2C)CC1(C)OC(C)=O. The van der Waals surface area contributed by atoms with E-state index < -0.39 is 114 Å². The van der Waals surface area contributed by atoms with Crippen molar-refractivity contribution in [3.8, 4) is 0 Å². The number of cyclic esters (lactones) is 1. The average molecular weight is 802 g/mol. The third kappa shape index (κ3) is 11.3. The average Bonchev–Trinajstić information content (AvgIpc) is 3.11. The molecule has 3 aliphatic heterocycles. The minimum Gasteiger partial charge on any atom is -0.462 e. The minimum atomic E-state index is -1.80. The highest BCUT2D eigenvalue weighted by atomic mass is 16.7. The van der Waals surface area contributed by atoms with Crippen LogP contribution in [0, 0.1) is 29.6 Å². The maximum atomic E-state index is 14.2. The van der Waals surface area contributed by atoms with Crippen LogP contribution in [0.4, 0.5) is 0 Å². The fourth-order valence-corrected chi connectivity index (χ4v) is 9.02. The van der Waals surface area contributed by atoms with Crippen molar-refractivity contribution in [3.63, 3.8) is 0 Å². The van der Waals surface area contributed by atoms with Gasteiger partial charge in [-0.15, -0.1) is 0 Å². The first-order valence-corrected chi connectivity index (χ1v) is 20.4. The summed E-state index contributed by atoms with van der Waals surface area (Å²) >= 11 is 0. The van der Waals surface area contributed by atoms with Gasteiger partial charge in [0.2, 0.25) is 0 Å². The van der Waals surface area contributed by atoms with Crippen LogP contribution in [0.15, 0.2) is 0 Å². The summed E-state index contributed by atoms with van der Waals surface area (Å²) in [5, 5.41) is 35.4. The zero-order chi connectivity index (χ0) is 42.6. The summed E-state index contributed by atoms with van der Waals surface area (Å²) in [4.78, 5) is 54.8. The van der Waals surface area contributed by atoms with E-state index in [1.165, 1.54) is 13.8 Å². The molecule has 0 aromatic rings. The molecule has 15 heteroatoms. The van der Waals surface area contributed by atoms with E-state index in [1.807, 2.05) is 32.8 Å². The minimum absolute atomic E-state index is 0.0881. The molecular weight excluding hydrogens is 730 g/mol. The first-order chi connectivity index (χ1) is 25.9. The highest BCUT2D eigenvalue weighted by molar-refractivity contribution is 5.83. The number of hydrogen-bond acceptors (Lipinski definition) is 15. The molecule has 3 heterocycles. The number of aliphatic hydroxyl groups is 3. The van der Waals surface area contributed by atoms with Gasteiger partial charge in [0.15, 0.2) is 24.3 Å². The molecule has 3 fully saturated rings. The lowest BCUT2D eigenvalue weighted by Gasteiger charge is -2.49. The number of aliphatic hydroxyl groups excluding tert-OH is 2. The van der Waals surface area contributed by atoms with Crippen LogP contribution in [0.3, 0.4) is 0 Å². The maximum Gasteiger partial charge on any atom is 0.311 e. The van der Waals surface area contributed by atoms with Gasteiger partial charge < -0.3 is 53.4 Å². The van der Waals surface area contributed by atoms with Gasteiger partial charge in [-0.25, -0.2) is 0 Å². The summed E-state index contributed by atoms with van der Waals surface area (Å²) in [6.07, 6.45) is -9.06. The molecule has 0 aliphatic carbocycles. The Labute approximate surface area is 333 Å². The molecule has 0 spiro atoms. The normalized spacial score (nSPS) is 44.8. The van der Waals surface area contributed by atoms with Crippen molar-refractivity contribution in [1.29, 1.82) is 0 Å². The van der Waals surface area contributed by atoms with Gasteiger partial charge in [0.1, 0.15) is 18.0 Å². The second-order valence-electron chi connectivity index (χ2n) is 17.4. The fraction of sp³-hybridized carbons (Fsp3) is 0.902. The number of likely N-dealkylation sites (N-methyl/N-ethyl adjacent to an activating group) is 1. The van der Waals surface area contributed by atoms with Crippen molar-refractivity contribution < 1.29 is 67.7 Å². The fourth-order valence-electron chi connectivity index (χ4n) is 9.02. The number of carbonyl (C=O) groups is 4. The molecule has 0 aromatic carbocycles. The first-order valence-electron chi connectivity index (χ1n) is 20.4. The largest absolute Gasteiger partial charge is 0.462 e. The van der Waals surface area contributed by atoms with E-state index in [2.05, 4.69) is 0 Å². The smallest absolute Gasteiger partial charge is 0.311 e. The number of Topliss-reactive ketones (excluding diaryl/α,β-unsaturated/α-hetero) is 1. The molecule has 0 bridgehead atoms. The lowest BCUT2D eigenvalue weighted by atomic mass is 9.74. The van der Waals surface area contributed by atoms with Crippen molar-refractivity contribution in [2.75, 3.05) is 14.1 Å². The third-order valence-electron chi connectivity index (χ3n) is 12.2. The van der Waals surface area contributed by atoms with Gasteiger partial charge in [0, 0.05) is 49.5 Å². The predicted molar refractivity (Wildman–Crippen MR) is 204 cm³/mol. The highest BCUT2D eigenvalue weighted by Gasteiger charge is 2.54. The molecule has 0 radical (unpaired) electrons. The molecule has 3 N–H and O–H groups in total. The molecule has 324 valence electrons. The zero-order valence-electron chi connectivity index (χ0n) is 36.1. The summed E-state index contributed by atoms with van der Waals surface area (Å²) in [7, 11) is 3.69. The Morgan fingerprint density at radius 2 is 1.50 bits per heavy atom. The molecule has 0 saturated carbocycles. The predicted octanol–water partition coefficient (Wildman–Crippen LogP) is 3.55. The first kappa shape index (κ1) is 48.1. The molecule has 0 amide bonds. The van der Waals surface area contributed by atoms with Crippen LogP contribution in [0.25, 0.3) is 0 Å². The number of rotatable bonds is 9. The summed E-state index contributed by atoms with van der Waals surface area (Å²) in [6.45, 7) is 19.8. The van der Waals surface area contributed by atoms with Gasteiger partial charge in [0.05, 0.1) is 42.0 Å². The van der Waals surface area contributed by atoms with Crippen LogP contribution in [0.5, 0.6) is 0 Å². The van der Waals surface area contributed by atoms with Crippen molar-refractivity contribution in [3.05, 3.63) is 0 Å². The van der Waals surface area contributed by atoms with E-state index in [9.17, 15) is 34.5 Å². The van der Waals surface area contributed by atoms with E-state index in [0.29, 0.717) is 12.8 Å². The zero-order valence-corrected chi connectivity index (χ0v) is 36.1. The van der Waals surface area contributed by atoms with Crippen LogP contribution in [0.2, 0.25) is 0 Å². The summed E-state index contributed by atoms with van der Waals surface area (Å²) in [6, 6.07) is -0.342. The molecule has 3 saturated heterocycles. The third-order valence-corrected chi connectivity index (χ3v) is 12.2. The van der Waals surface area contributed by atoms with Gasteiger partial charge in [-0.3, -0.25) is 19.2 Å². The maximum absolute atomic E-state index is 14.2. The molecule has 0 aromatic heterocycles. The molecule has 3 rings (SSSR count). The van der Waals surface area contributed by atoms with Gasteiger partial charge in [-0.1, -0.05) is 41.5 Å². The number of carbonyl (C=O) groups excluding carboxylic acids is 4. The topological polar surface area (TPSA) is 197 Å². The number of hydrogen-bond donors (Lipinski definition) is 3. The molecule has 3 aliphatic rings. The summed E-state index contributed by atoms with van der Waals surface area (Å²) in [5.41, 5.74) is -3.19.